The number of aromatic nitrogens is 1. The predicted octanol–water partition coefficient (Wildman–Crippen LogP) is 5.80. The van der Waals surface area contributed by atoms with Gasteiger partial charge in [-0.25, -0.2) is 4.98 Å². The summed E-state index contributed by atoms with van der Waals surface area (Å²) in [5.74, 6) is -0.103. The van der Waals surface area contributed by atoms with Crippen LogP contribution in [0.1, 0.15) is 10.4 Å². The molecule has 178 valence electrons. The van der Waals surface area contributed by atoms with E-state index in [1.807, 2.05) is 4.90 Å². The molecule has 0 aliphatic carbocycles. The van der Waals surface area contributed by atoms with Crippen molar-refractivity contribution < 1.29 is 18.9 Å². The molecule has 2 heterocycles. The number of carbonyl (C=O) groups excluding carboxylic acids is 1. The van der Waals surface area contributed by atoms with Gasteiger partial charge in [0.2, 0.25) is 5.89 Å². The average Bonchev–Trinajstić information content (AvgIpc) is 3.29. The zero-order chi connectivity index (χ0) is 24.5. The number of hydrogen-bond donors (Lipinski definition) is 1. The molecule has 0 unspecified atom stereocenters. The Morgan fingerprint density at radius 3 is 2.51 bits per heavy atom. The number of nitro groups is 1. The number of anilines is 2. The van der Waals surface area contributed by atoms with E-state index in [1.165, 1.54) is 6.07 Å². The summed E-state index contributed by atoms with van der Waals surface area (Å²) in [7, 11) is 0. The molecule has 0 spiro atoms. The second-order valence-electron chi connectivity index (χ2n) is 7.85. The Labute approximate surface area is 209 Å². The third-order valence-corrected chi connectivity index (χ3v) is 6.08. The van der Waals surface area contributed by atoms with Gasteiger partial charge in [-0.2, -0.15) is 0 Å². The van der Waals surface area contributed by atoms with Crippen molar-refractivity contribution in [3.05, 3.63) is 80.3 Å². The van der Waals surface area contributed by atoms with Crippen molar-refractivity contribution in [3.8, 4) is 11.5 Å². The fourth-order valence-electron chi connectivity index (χ4n) is 3.87. The van der Waals surface area contributed by atoms with Gasteiger partial charge in [-0.15, -0.1) is 0 Å². The fraction of sp³-hybridized carbons (Fsp3) is 0.167. The standard InChI is InChI=1S/C24H18Cl2N4O5/c25-16-12-18(26)22-19(13-16)28-24(35-22)14-1-4-17(5-2-14)27-23(31)15-3-6-20(21(11-15)30(32)33)29-7-9-34-10-8-29/h1-6,11-13H,7-10H2,(H,27,31). The van der Waals surface area contributed by atoms with E-state index < -0.39 is 10.8 Å². The molecule has 1 aliphatic rings. The summed E-state index contributed by atoms with van der Waals surface area (Å²) in [6.07, 6.45) is 0. The van der Waals surface area contributed by atoms with Crippen molar-refractivity contribution in [3.63, 3.8) is 0 Å². The van der Waals surface area contributed by atoms with E-state index in [2.05, 4.69) is 10.3 Å². The van der Waals surface area contributed by atoms with Crippen molar-refractivity contribution >= 4 is 57.3 Å². The van der Waals surface area contributed by atoms with Crippen molar-refractivity contribution in [1.82, 2.24) is 4.98 Å². The maximum Gasteiger partial charge on any atom is 0.293 e. The second kappa shape index (κ2) is 9.53. The number of hydrogen-bond acceptors (Lipinski definition) is 7. The number of rotatable bonds is 5. The highest BCUT2D eigenvalue weighted by Gasteiger charge is 2.23. The van der Waals surface area contributed by atoms with E-state index >= 15 is 0 Å². The largest absolute Gasteiger partial charge is 0.435 e. The number of ether oxygens (including phenoxy) is 1. The minimum absolute atomic E-state index is 0.121. The Morgan fingerprint density at radius 2 is 1.80 bits per heavy atom. The van der Waals surface area contributed by atoms with E-state index in [0.717, 1.165) is 0 Å². The highest BCUT2D eigenvalue weighted by atomic mass is 35.5. The molecule has 1 saturated heterocycles. The van der Waals surface area contributed by atoms with Crippen LogP contribution in [0.15, 0.2) is 59.0 Å². The third-order valence-electron chi connectivity index (χ3n) is 5.59. The van der Waals surface area contributed by atoms with Crippen LogP contribution in [0.2, 0.25) is 10.0 Å². The van der Waals surface area contributed by atoms with Crippen LogP contribution in [0, 0.1) is 10.1 Å². The Bertz CT molecular complexity index is 1430. The molecule has 0 saturated carbocycles. The number of nitro benzene ring substituents is 1. The number of nitrogens with zero attached hydrogens (tertiary/aromatic N) is 3. The highest BCUT2D eigenvalue weighted by Crippen LogP contribution is 2.33. The summed E-state index contributed by atoms with van der Waals surface area (Å²) in [6.45, 7) is 2.11. The number of halogens is 2. The lowest BCUT2D eigenvalue weighted by molar-refractivity contribution is -0.384. The molecule has 0 atom stereocenters. The van der Waals surface area contributed by atoms with E-state index in [-0.39, 0.29) is 11.3 Å². The van der Waals surface area contributed by atoms with Gasteiger partial charge in [0.15, 0.2) is 5.58 Å². The number of benzene rings is 3. The maximum absolute atomic E-state index is 12.8. The molecule has 5 rings (SSSR count). The molecule has 1 fully saturated rings. The van der Waals surface area contributed by atoms with Crippen LogP contribution in [-0.4, -0.2) is 42.1 Å². The van der Waals surface area contributed by atoms with Crippen LogP contribution in [0.5, 0.6) is 0 Å². The van der Waals surface area contributed by atoms with Crippen LogP contribution < -0.4 is 10.2 Å². The van der Waals surface area contributed by atoms with Crippen molar-refractivity contribution in [1.29, 1.82) is 0 Å². The van der Waals surface area contributed by atoms with Gasteiger partial charge in [0.25, 0.3) is 11.6 Å². The van der Waals surface area contributed by atoms with Crippen molar-refractivity contribution in [2.24, 2.45) is 0 Å². The lowest BCUT2D eigenvalue weighted by atomic mass is 10.1. The molecule has 0 radical (unpaired) electrons. The van der Waals surface area contributed by atoms with E-state index in [9.17, 15) is 14.9 Å². The fourth-order valence-corrected chi connectivity index (χ4v) is 4.39. The quantitative estimate of drug-likeness (QED) is 0.265. The van der Waals surface area contributed by atoms with Gasteiger partial charge in [-0.1, -0.05) is 23.2 Å². The van der Waals surface area contributed by atoms with Gasteiger partial charge >= 0.3 is 0 Å². The number of morpholine rings is 1. The summed E-state index contributed by atoms with van der Waals surface area (Å²) in [5.41, 5.74) is 2.70. The molecule has 4 aromatic rings. The zero-order valence-electron chi connectivity index (χ0n) is 18.2. The average molecular weight is 513 g/mol. The molecule has 9 nitrogen and oxygen atoms in total. The summed E-state index contributed by atoms with van der Waals surface area (Å²) in [4.78, 5) is 30.3. The number of amides is 1. The number of carbonyl (C=O) groups is 1. The molecule has 11 heteroatoms. The highest BCUT2D eigenvalue weighted by molar-refractivity contribution is 6.38. The minimum Gasteiger partial charge on any atom is -0.435 e. The SMILES string of the molecule is O=C(Nc1ccc(-c2nc3cc(Cl)cc(Cl)c3o2)cc1)c1ccc(N2CCOCC2)c([N+](=O)[O-])c1. The Balaban J connectivity index is 1.34. The lowest BCUT2D eigenvalue weighted by Crippen LogP contribution is -2.36. The number of oxazole rings is 1. The van der Waals surface area contributed by atoms with Gasteiger partial charge in [-0.3, -0.25) is 14.9 Å². The van der Waals surface area contributed by atoms with Gasteiger partial charge in [0.05, 0.1) is 23.2 Å². The van der Waals surface area contributed by atoms with Gasteiger partial charge in [0.1, 0.15) is 11.2 Å². The topological polar surface area (TPSA) is 111 Å². The Kier molecular flexibility index (Phi) is 6.29. The second-order valence-corrected chi connectivity index (χ2v) is 8.69. The molecule has 1 N–H and O–H groups in total. The van der Waals surface area contributed by atoms with Gasteiger partial charge < -0.3 is 19.4 Å². The van der Waals surface area contributed by atoms with Crippen LogP contribution in [-0.2, 0) is 4.74 Å². The molecule has 1 aromatic heterocycles. The van der Waals surface area contributed by atoms with Gasteiger partial charge in [-0.05, 0) is 48.5 Å². The minimum atomic E-state index is -0.476. The maximum atomic E-state index is 12.8. The first-order valence-corrected chi connectivity index (χ1v) is 11.4. The molecule has 3 aromatic carbocycles. The van der Waals surface area contributed by atoms with E-state index in [4.69, 9.17) is 32.4 Å². The lowest BCUT2D eigenvalue weighted by Gasteiger charge is -2.28. The summed E-state index contributed by atoms with van der Waals surface area (Å²) < 4.78 is 11.1. The monoisotopic (exact) mass is 512 g/mol. The van der Waals surface area contributed by atoms with Crippen molar-refractivity contribution in [2.45, 2.75) is 0 Å². The normalized spacial score (nSPS) is 13.7. The predicted molar refractivity (Wildman–Crippen MR) is 134 cm³/mol. The summed E-state index contributed by atoms with van der Waals surface area (Å²) in [5, 5.41) is 15.2. The van der Waals surface area contributed by atoms with Crippen LogP contribution in [0.3, 0.4) is 0 Å². The first-order valence-electron chi connectivity index (χ1n) is 10.7. The summed E-state index contributed by atoms with van der Waals surface area (Å²) in [6, 6.07) is 14.6. The molecule has 1 aliphatic heterocycles. The smallest absolute Gasteiger partial charge is 0.293 e. The third kappa shape index (κ3) is 4.79. The number of nitrogens with one attached hydrogen (secondary N) is 1. The molecule has 0 bridgehead atoms. The van der Waals surface area contributed by atoms with Crippen LogP contribution in [0.25, 0.3) is 22.6 Å². The Morgan fingerprint density at radius 1 is 1.06 bits per heavy atom. The zero-order valence-corrected chi connectivity index (χ0v) is 19.7. The first-order chi connectivity index (χ1) is 16.9. The van der Waals surface area contributed by atoms with E-state index in [1.54, 1.807) is 48.5 Å². The first kappa shape index (κ1) is 23.1. The molecule has 35 heavy (non-hydrogen) atoms. The molecular weight excluding hydrogens is 495 g/mol. The van der Waals surface area contributed by atoms with Crippen molar-refractivity contribution in [2.75, 3.05) is 36.5 Å². The molecular formula is C24H18Cl2N4O5. The Hall–Kier alpha value is -3.66. The summed E-state index contributed by atoms with van der Waals surface area (Å²) >= 11 is 12.2. The van der Waals surface area contributed by atoms with Crippen LogP contribution >= 0.6 is 23.2 Å². The van der Waals surface area contributed by atoms with Crippen LogP contribution in [0.4, 0.5) is 17.1 Å². The van der Waals surface area contributed by atoms with Gasteiger partial charge in [0, 0.05) is 41.0 Å². The molecule has 1 amide bonds. The van der Waals surface area contributed by atoms with E-state index in [0.29, 0.717) is 70.3 Å². The number of fused-ring (bicyclic) bond motifs is 1.